The number of unbranched alkanes of at least 4 members (excludes halogenated alkanes) is 2. The van der Waals surface area contributed by atoms with E-state index in [1.54, 1.807) is 12.1 Å². The van der Waals surface area contributed by atoms with Gasteiger partial charge in [0.2, 0.25) is 5.91 Å². The predicted molar refractivity (Wildman–Crippen MR) is 132 cm³/mol. The highest BCUT2D eigenvalue weighted by Crippen LogP contribution is 2.20. The number of allylic oxidation sites excluding steroid dienone is 1. The molecule has 1 heterocycles. The lowest BCUT2D eigenvalue weighted by molar-refractivity contribution is -0.121. The first-order chi connectivity index (χ1) is 16.3. The van der Waals surface area contributed by atoms with Crippen LogP contribution < -0.4 is 16.4 Å². The maximum Gasteiger partial charge on any atom is 0.269 e. The van der Waals surface area contributed by atoms with Crippen molar-refractivity contribution in [1.29, 1.82) is 0 Å². The molecular weight excluding hydrogens is 457 g/mol. The first kappa shape index (κ1) is 25.2. The Kier molecular flexibility index (Phi) is 8.65. The molecule has 0 fully saturated rings. The summed E-state index contributed by atoms with van der Waals surface area (Å²) in [5, 5.41) is 11.0. The molecule has 4 N–H and O–H groups in total. The van der Waals surface area contributed by atoms with Crippen LogP contribution >= 0.6 is 11.6 Å². The number of rotatable bonds is 12. The van der Waals surface area contributed by atoms with E-state index < -0.39 is 11.7 Å². The normalized spacial score (nSPS) is 10.9. The lowest BCUT2D eigenvalue weighted by Gasteiger charge is -2.11. The fourth-order valence-electron chi connectivity index (χ4n) is 3.65. The number of aromatic nitrogens is 2. The van der Waals surface area contributed by atoms with Gasteiger partial charge in [-0.1, -0.05) is 48.4 Å². The Balaban J connectivity index is 1.36. The van der Waals surface area contributed by atoms with Crippen molar-refractivity contribution in [3.8, 4) is 0 Å². The molecule has 0 radical (unpaired) electrons. The topological polar surface area (TPSA) is 102 Å². The second-order valence-corrected chi connectivity index (χ2v) is 8.63. The molecule has 7 nitrogen and oxygen atoms in total. The Labute approximate surface area is 203 Å². The Morgan fingerprint density at radius 1 is 1.18 bits per heavy atom. The number of amides is 2. The molecule has 3 aromatic rings. The number of benzene rings is 2. The highest BCUT2D eigenvalue weighted by atomic mass is 35.5. The number of aryl methyl sites for hydroxylation is 1. The lowest BCUT2D eigenvalue weighted by Crippen LogP contribution is -2.29. The third-order valence-electron chi connectivity index (χ3n) is 5.47. The third kappa shape index (κ3) is 6.57. The monoisotopic (exact) mass is 485 g/mol. The minimum atomic E-state index is -0.622. The largest absolute Gasteiger partial charge is 0.385 e. The van der Waals surface area contributed by atoms with Crippen molar-refractivity contribution in [1.82, 2.24) is 20.4 Å². The highest BCUT2D eigenvalue weighted by molar-refractivity contribution is 6.30. The van der Waals surface area contributed by atoms with Gasteiger partial charge in [0.05, 0.1) is 10.5 Å². The molecule has 0 bridgehead atoms. The number of halogens is 2. The summed E-state index contributed by atoms with van der Waals surface area (Å²) in [7, 11) is 0. The summed E-state index contributed by atoms with van der Waals surface area (Å²) in [6.45, 7) is 6.77. The van der Waals surface area contributed by atoms with Crippen LogP contribution in [0.1, 0.15) is 47.3 Å². The van der Waals surface area contributed by atoms with Crippen LogP contribution in [0.5, 0.6) is 0 Å². The average molecular weight is 486 g/mol. The second-order valence-electron chi connectivity index (χ2n) is 8.22. The molecule has 0 aliphatic heterocycles. The van der Waals surface area contributed by atoms with Crippen LogP contribution in [0.3, 0.4) is 0 Å². The molecule has 0 saturated heterocycles. The minimum Gasteiger partial charge on any atom is -0.385 e. The molecule has 2 aromatic carbocycles. The number of carbonyl (C=O) groups excluding carboxylic acids is 2. The zero-order valence-electron chi connectivity index (χ0n) is 19.2. The Morgan fingerprint density at radius 2 is 1.97 bits per heavy atom. The number of fused-ring (bicyclic) bond motifs is 1. The summed E-state index contributed by atoms with van der Waals surface area (Å²) in [4.78, 5) is 24.1. The zero-order chi connectivity index (χ0) is 24.7. The van der Waals surface area contributed by atoms with Gasteiger partial charge in [-0.2, -0.15) is 5.10 Å². The number of nitrogens with zero attached hydrogens (tertiary/aromatic N) is 2. The van der Waals surface area contributed by atoms with Crippen LogP contribution in [-0.4, -0.2) is 28.1 Å². The fourth-order valence-corrected chi connectivity index (χ4v) is 3.84. The SMILES string of the molecule is C=C(CCCCCNC(=O)Cn1nc(C(N)=O)c2cc(C)ccc21)NCc1cccc(Cl)c1F. The van der Waals surface area contributed by atoms with Gasteiger partial charge in [-0.25, -0.2) is 4.39 Å². The van der Waals surface area contributed by atoms with Crippen molar-refractivity contribution in [3.05, 3.63) is 76.3 Å². The van der Waals surface area contributed by atoms with Crippen LogP contribution in [0, 0.1) is 12.7 Å². The van der Waals surface area contributed by atoms with Crippen LogP contribution in [0.4, 0.5) is 4.39 Å². The zero-order valence-corrected chi connectivity index (χ0v) is 19.9. The standard InChI is InChI=1S/C25H29ClFN5O2/c1-16-10-11-21-19(13-16)24(25(28)34)31-32(21)15-22(33)29-12-5-3-4-7-17(2)30-14-18-8-6-9-20(26)23(18)27/h6,8-11,13,30H,2-5,7,12,14-15H2,1H3,(H2,28,34)(H,29,33). The maximum atomic E-state index is 13.9. The van der Waals surface area contributed by atoms with E-state index in [4.69, 9.17) is 17.3 Å². The van der Waals surface area contributed by atoms with E-state index in [9.17, 15) is 14.0 Å². The lowest BCUT2D eigenvalue weighted by atomic mass is 10.1. The number of hydrogen-bond acceptors (Lipinski definition) is 4. The van der Waals surface area contributed by atoms with E-state index in [0.29, 0.717) is 29.6 Å². The van der Waals surface area contributed by atoms with Gasteiger partial charge in [0, 0.05) is 29.7 Å². The third-order valence-corrected chi connectivity index (χ3v) is 5.76. The number of hydrogen-bond donors (Lipinski definition) is 3. The summed E-state index contributed by atoms with van der Waals surface area (Å²) >= 11 is 5.80. The van der Waals surface area contributed by atoms with Crippen LogP contribution in [0.2, 0.25) is 5.02 Å². The van der Waals surface area contributed by atoms with E-state index in [2.05, 4.69) is 22.3 Å². The summed E-state index contributed by atoms with van der Waals surface area (Å²) in [6.07, 6.45) is 3.37. The summed E-state index contributed by atoms with van der Waals surface area (Å²) < 4.78 is 15.4. The van der Waals surface area contributed by atoms with Gasteiger partial charge in [0.25, 0.3) is 5.91 Å². The molecule has 1 aromatic heterocycles. The van der Waals surface area contributed by atoms with E-state index in [1.807, 2.05) is 25.1 Å². The van der Waals surface area contributed by atoms with Gasteiger partial charge in [-0.3, -0.25) is 14.3 Å². The molecule has 0 atom stereocenters. The van der Waals surface area contributed by atoms with Gasteiger partial charge in [0.1, 0.15) is 12.4 Å². The number of nitrogens with two attached hydrogens (primary N) is 1. The van der Waals surface area contributed by atoms with Gasteiger partial charge in [0.15, 0.2) is 5.69 Å². The highest BCUT2D eigenvalue weighted by Gasteiger charge is 2.16. The van der Waals surface area contributed by atoms with Crippen LogP contribution in [-0.2, 0) is 17.9 Å². The molecule has 2 amide bonds. The van der Waals surface area contributed by atoms with Crippen molar-refractivity contribution in [2.75, 3.05) is 6.54 Å². The molecule has 3 rings (SSSR count). The van der Waals surface area contributed by atoms with Gasteiger partial charge in [-0.05, 0) is 44.4 Å². The van der Waals surface area contributed by atoms with Crippen LogP contribution in [0.15, 0.2) is 48.7 Å². The van der Waals surface area contributed by atoms with Gasteiger partial charge >= 0.3 is 0 Å². The fraction of sp³-hybridized carbons (Fsp3) is 0.320. The summed E-state index contributed by atoms with van der Waals surface area (Å²) in [6, 6.07) is 10.5. The molecule has 0 saturated carbocycles. The molecule has 0 unspecified atom stereocenters. The minimum absolute atomic E-state index is 0.00757. The molecular formula is C25H29ClFN5O2. The maximum absolute atomic E-state index is 13.9. The Morgan fingerprint density at radius 3 is 2.74 bits per heavy atom. The molecule has 180 valence electrons. The Bertz CT molecular complexity index is 1210. The van der Waals surface area contributed by atoms with Crippen molar-refractivity contribution >= 4 is 34.3 Å². The summed E-state index contributed by atoms with van der Waals surface area (Å²) in [5.41, 5.74) is 8.60. The first-order valence-corrected chi connectivity index (χ1v) is 11.5. The van der Waals surface area contributed by atoms with Gasteiger partial charge < -0.3 is 16.4 Å². The number of carbonyl (C=O) groups is 2. The second kappa shape index (κ2) is 11.7. The number of primary amides is 1. The molecule has 34 heavy (non-hydrogen) atoms. The quantitative estimate of drug-likeness (QED) is 0.334. The predicted octanol–water partition coefficient (Wildman–Crippen LogP) is 4.22. The van der Waals surface area contributed by atoms with Crippen LogP contribution in [0.25, 0.3) is 10.9 Å². The Hall–Kier alpha value is -3.39. The van der Waals surface area contributed by atoms with E-state index in [0.717, 1.165) is 36.9 Å². The molecule has 0 aliphatic rings. The van der Waals surface area contributed by atoms with Crippen molar-refractivity contribution in [2.24, 2.45) is 5.73 Å². The average Bonchev–Trinajstić information content (AvgIpc) is 3.14. The van der Waals surface area contributed by atoms with Crippen molar-refractivity contribution < 1.29 is 14.0 Å². The van der Waals surface area contributed by atoms with Gasteiger partial charge in [-0.15, -0.1) is 0 Å². The van der Waals surface area contributed by atoms with E-state index >= 15 is 0 Å². The smallest absolute Gasteiger partial charge is 0.269 e. The van der Waals surface area contributed by atoms with Crippen molar-refractivity contribution in [2.45, 2.75) is 45.7 Å². The molecule has 0 aliphatic carbocycles. The van der Waals surface area contributed by atoms with E-state index in [1.165, 1.54) is 10.7 Å². The van der Waals surface area contributed by atoms with Crippen molar-refractivity contribution in [3.63, 3.8) is 0 Å². The first-order valence-electron chi connectivity index (χ1n) is 11.1. The summed E-state index contributed by atoms with van der Waals surface area (Å²) in [5.74, 6) is -1.22. The molecule has 9 heteroatoms. The molecule has 0 spiro atoms. The van der Waals surface area contributed by atoms with E-state index in [-0.39, 0.29) is 23.2 Å². The number of nitrogens with one attached hydrogen (secondary N) is 2.